The van der Waals surface area contributed by atoms with Gasteiger partial charge in [0.1, 0.15) is 0 Å². The molecule has 2 heterocycles. The molecule has 0 bridgehead atoms. The van der Waals surface area contributed by atoms with Crippen molar-refractivity contribution in [2.45, 2.75) is 24.9 Å². The number of nitrogen functional groups attached to an aromatic ring is 1. The summed E-state index contributed by atoms with van der Waals surface area (Å²) in [6.07, 6.45) is 3.90. The summed E-state index contributed by atoms with van der Waals surface area (Å²) >= 11 is 1.61. The van der Waals surface area contributed by atoms with E-state index in [0.29, 0.717) is 11.6 Å². The lowest BCUT2D eigenvalue weighted by Crippen LogP contribution is -2.11. The van der Waals surface area contributed by atoms with Crippen molar-refractivity contribution in [1.82, 2.24) is 14.9 Å². The number of nitrogens with two attached hydrogens (primary N) is 1. The number of nitrogens with zero attached hydrogens (tertiary/aromatic N) is 3. The molecule has 0 aliphatic carbocycles. The molecule has 2 rings (SSSR count). The van der Waals surface area contributed by atoms with Crippen molar-refractivity contribution in [3.05, 3.63) is 18.4 Å². The van der Waals surface area contributed by atoms with Gasteiger partial charge in [-0.3, -0.25) is 0 Å². The lowest BCUT2D eigenvalue weighted by molar-refractivity contribution is 0.574. The highest BCUT2D eigenvalue weighted by molar-refractivity contribution is 7.99. The number of hydrogen-bond acceptors (Lipinski definition) is 5. The minimum Gasteiger partial charge on any atom is -0.461 e. The van der Waals surface area contributed by atoms with Crippen molar-refractivity contribution >= 4 is 11.8 Å². The van der Waals surface area contributed by atoms with Crippen LogP contribution in [0, 0.1) is 0 Å². The van der Waals surface area contributed by atoms with Gasteiger partial charge in [0.15, 0.2) is 5.76 Å². The lowest BCUT2D eigenvalue weighted by atomic mass is 10.4. The van der Waals surface area contributed by atoms with Crippen LogP contribution in [-0.4, -0.2) is 20.6 Å². The fourth-order valence-corrected chi connectivity index (χ4v) is 2.20. The number of furan rings is 1. The van der Waals surface area contributed by atoms with Crippen molar-refractivity contribution in [2.24, 2.45) is 0 Å². The highest BCUT2D eigenvalue weighted by atomic mass is 32.2. The fraction of sp³-hybridized carbons (Fsp3) is 0.400. The molecular formula is C10H14N4OS. The average molecular weight is 238 g/mol. The van der Waals surface area contributed by atoms with Crippen LogP contribution >= 0.6 is 11.8 Å². The summed E-state index contributed by atoms with van der Waals surface area (Å²) in [6, 6.07) is 3.61. The van der Waals surface area contributed by atoms with E-state index in [1.807, 2.05) is 6.07 Å². The summed E-state index contributed by atoms with van der Waals surface area (Å²) in [6.45, 7) is 2.15. The van der Waals surface area contributed by atoms with E-state index in [1.165, 1.54) is 4.68 Å². The van der Waals surface area contributed by atoms with Gasteiger partial charge >= 0.3 is 0 Å². The predicted molar refractivity (Wildman–Crippen MR) is 63.5 cm³/mol. The zero-order chi connectivity index (χ0) is 11.4. The third-order valence-corrected chi connectivity index (χ3v) is 3.16. The Labute approximate surface area is 98.0 Å². The van der Waals surface area contributed by atoms with E-state index in [2.05, 4.69) is 17.1 Å². The summed E-state index contributed by atoms with van der Waals surface area (Å²) in [7, 11) is 0. The van der Waals surface area contributed by atoms with Crippen LogP contribution in [0.4, 0.5) is 0 Å². The van der Waals surface area contributed by atoms with Gasteiger partial charge in [-0.1, -0.05) is 25.1 Å². The molecule has 0 fully saturated rings. The zero-order valence-electron chi connectivity index (χ0n) is 9.09. The largest absolute Gasteiger partial charge is 0.461 e. The molecule has 2 N–H and O–H groups in total. The van der Waals surface area contributed by atoms with Crippen molar-refractivity contribution in [3.8, 4) is 11.6 Å². The summed E-state index contributed by atoms with van der Waals surface area (Å²) in [5.41, 5.74) is 0. The van der Waals surface area contributed by atoms with E-state index >= 15 is 0 Å². The maximum absolute atomic E-state index is 5.89. The van der Waals surface area contributed by atoms with Gasteiger partial charge in [-0.05, 0) is 18.6 Å². The Morgan fingerprint density at radius 2 is 2.38 bits per heavy atom. The van der Waals surface area contributed by atoms with E-state index in [4.69, 9.17) is 10.3 Å². The van der Waals surface area contributed by atoms with E-state index < -0.39 is 0 Å². The van der Waals surface area contributed by atoms with Crippen LogP contribution in [0.2, 0.25) is 0 Å². The first-order chi connectivity index (χ1) is 7.83. The summed E-state index contributed by atoms with van der Waals surface area (Å²) in [4.78, 5) is 0. The molecule has 0 aliphatic heterocycles. The van der Waals surface area contributed by atoms with Gasteiger partial charge in [0.2, 0.25) is 11.0 Å². The molecule has 16 heavy (non-hydrogen) atoms. The molecular weight excluding hydrogens is 224 g/mol. The number of hydrogen-bond donors (Lipinski definition) is 1. The third kappa shape index (κ3) is 2.21. The molecule has 5 nitrogen and oxygen atoms in total. The smallest absolute Gasteiger partial charge is 0.218 e. The van der Waals surface area contributed by atoms with Gasteiger partial charge in [-0.15, -0.1) is 10.2 Å². The van der Waals surface area contributed by atoms with Crippen LogP contribution in [0.15, 0.2) is 28.0 Å². The predicted octanol–water partition coefficient (Wildman–Crippen LogP) is 2.14. The van der Waals surface area contributed by atoms with E-state index in [0.717, 1.165) is 23.8 Å². The highest BCUT2D eigenvalue weighted by Gasteiger charge is 2.13. The van der Waals surface area contributed by atoms with E-state index in [1.54, 1.807) is 24.1 Å². The van der Waals surface area contributed by atoms with Crippen molar-refractivity contribution in [3.63, 3.8) is 0 Å². The van der Waals surface area contributed by atoms with Gasteiger partial charge < -0.3 is 10.3 Å². The SMILES string of the molecule is CCCCSc1nnc(-c2ccco2)n1N. The van der Waals surface area contributed by atoms with Gasteiger partial charge in [-0.25, -0.2) is 4.68 Å². The number of unbranched alkanes of at least 4 members (excludes halogenated alkanes) is 1. The van der Waals surface area contributed by atoms with Crippen LogP contribution in [0.5, 0.6) is 0 Å². The van der Waals surface area contributed by atoms with Gasteiger partial charge in [-0.2, -0.15) is 0 Å². The summed E-state index contributed by atoms with van der Waals surface area (Å²) in [5.74, 6) is 8.09. The second-order valence-electron chi connectivity index (χ2n) is 3.36. The fourth-order valence-electron chi connectivity index (χ4n) is 1.26. The Morgan fingerprint density at radius 1 is 1.50 bits per heavy atom. The van der Waals surface area contributed by atoms with Crippen molar-refractivity contribution in [2.75, 3.05) is 11.6 Å². The van der Waals surface area contributed by atoms with Crippen LogP contribution in [-0.2, 0) is 0 Å². The first-order valence-corrected chi connectivity index (χ1v) is 6.18. The van der Waals surface area contributed by atoms with Gasteiger partial charge in [0.25, 0.3) is 0 Å². The molecule has 0 radical (unpaired) electrons. The standard InChI is InChI=1S/C10H14N4OS/c1-2-3-7-16-10-13-12-9(14(10)11)8-5-4-6-15-8/h4-6H,2-3,7,11H2,1H3. The van der Waals surface area contributed by atoms with Crippen LogP contribution in [0.25, 0.3) is 11.6 Å². The summed E-state index contributed by atoms with van der Waals surface area (Å²) in [5, 5.41) is 8.77. The molecule has 0 aliphatic rings. The topological polar surface area (TPSA) is 69.9 Å². The Morgan fingerprint density at radius 3 is 3.06 bits per heavy atom. The molecule has 0 amide bonds. The van der Waals surface area contributed by atoms with Gasteiger partial charge in [0.05, 0.1) is 6.26 Å². The minimum atomic E-state index is 0.559. The molecule has 6 heteroatoms. The Hall–Kier alpha value is -1.43. The molecule has 0 saturated carbocycles. The first-order valence-electron chi connectivity index (χ1n) is 5.20. The maximum atomic E-state index is 5.89. The molecule has 0 unspecified atom stereocenters. The molecule has 2 aromatic heterocycles. The molecule has 86 valence electrons. The number of aromatic nitrogens is 3. The van der Waals surface area contributed by atoms with Crippen molar-refractivity contribution in [1.29, 1.82) is 0 Å². The molecule has 0 spiro atoms. The maximum Gasteiger partial charge on any atom is 0.218 e. The highest BCUT2D eigenvalue weighted by Crippen LogP contribution is 2.22. The van der Waals surface area contributed by atoms with E-state index in [9.17, 15) is 0 Å². The monoisotopic (exact) mass is 238 g/mol. The second-order valence-corrected chi connectivity index (χ2v) is 4.42. The molecule has 2 aromatic rings. The zero-order valence-corrected chi connectivity index (χ0v) is 9.91. The van der Waals surface area contributed by atoms with E-state index in [-0.39, 0.29) is 0 Å². The number of thioether (sulfide) groups is 1. The average Bonchev–Trinajstić information content (AvgIpc) is 2.89. The quantitative estimate of drug-likeness (QED) is 0.491. The Bertz CT molecular complexity index is 438. The van der Waals surface area contributed by atoms with Crippen LogP contribution in [0.1, 0.15) is 19.8 Å². The van der Waals surface area contributed by atoms with Crippen LogP contribution in [0.3, 0.4) is 0 Å². The molecule has 0 saturated heterocycles. The Kier molecular flexibility index (Phi) is 3.51. The molecule has 0 aromatic carbocycles. The second kappa shape index (κ2) is 5.07. The van der Waals surface area contributed by atoms with Crippen LogP contribution < -0.4 is 5.84 Å². The summed E-state index contributed by atoms with van der Waals surface area (Å²) < 4.78 is 6.70. The third-order valence-electron chi connectivity index (χ3n) is 2.14. The number of rotatable bonds is 5. The first kappa shape index (κ1) is 11.1. The minimum absolute atomic E-state index is 0.559. The molecule has 0 atom stereocenters. The van der Waals surface area contributed by atoms with Gasteiger partial charge in [0, 0.05) is 5.75 Å². The van der Waals surface area contributed by atoms with Crippen molar-refractivity contribution < 1.29 is 4.42 Å². The lowest BCUT2D eigenvalue weighted by Gasteiger charge is -2.00. The Balaban J connectivity index is 2.12. The normalized spacial score (nSPS) is 10.8.